The number of carbonyl (C=O) groups excluding carboxylic acids is 3. The summed E-state index contributed by atoms with van der Waals surface area (Å²) in [6.07, 6.45) is 1.70. The zero-order chi connectivity index (χ0) is 22.0. The third-order valence-corrected chi connectivity index (χ3v) is 5.25. The minimum Gasteiger partial charge on any atom is -0.486 e. The van der Waals surface area contributed by atoms with Crippen molar-refractivity contribution in [3.63, 3.8) is 0 Å². The Morgan fingerprint density at radius 3 is 2.74 bits per heavy atom. The molecule has 4 rings (SSSR count). The zero-order valence-corrected chi connectivity index (χ0v) is 17.5. The smallest absolute Gasteiger partial charge is 0.245 e. The molecule has 31 heavy (non-hydrogen) atoms. The molecule has 2 aliphatic rings. The van der Waals surface area contributed by atoms with E-state index in [2.05, 4.69) is 10.3 Å². The molecule has 3 heterocycles. The van der Waals surface area contributed by atoms with Crippen molar-refractivity contribution in [1.29, 1.82) is 0 Å². The molecule has 1 aromatic carbocycles. The van der Waals surface area contributed by atoms with Gasteiger partial charge in [0.25, 0.3) is 0 Å². The molecule has 1 unspecified atom stereocenters. The van der Waals surface area contributed by atoms with Gasteiger partial charge >= 0.3 is 0 Å². The Bertz CT molecular complexity index is 1020. The van der Waals surface area contributed by atoms with Crippen LogP contribution in [0.1, 0.15) is 12.0 Å². The van der Waals surface area contributed by atoms with Gasteiger partial charge in [-0.3, -0.25) is 14.4 Å². The van der Waals surface area contributed by atoms with Crippen molar-refractivity contribution in [3.05, 3.63) is 42.1 Å². The molecule has 0 aliphatic carbocycles. The molecule has 0 spiro atoms. The lowest BCUT2D eigenvalue weighted by Crippen LogP contribution is -2.39. The Balaban J connectivity index is 1.36. The molecule has 1 saturated heterocycles. The van der Waals surface area contributed by atoms with Crippen molar-refractivity contribution in [2.45, 2.75) is 13.3 Å². The molecule has 1 aromatic heterocycles. The van der Waals surface area contributed by atoms with Gasteiger partial charge in [-0.2, -0.15) is 0 Å². The van der Waals surface area contributed by atoms with Crippen LogP contribution in [-0.4, -0.2) is 61.0 Å². The van der Waals surface area contributed by atoms with Gasteiger partial charge in [-0.15, -0.1) is 0 Å². The number of pyridine rings is 1. The highest BCUT2D eigenvalue weighted by atomic mass is 16.6. The number of nitrogens with zero attached hydrogens (tertiary/aromatic N) is 3. The van der Waals surface area contributed by atoms with Crippen molar-refractivity contribution in [2.24, 2.45) is 5.92 Å². The van der Waals surface area contributed by atoms with Crippen molar-refractivity contribution < 1.29 is 23.9 Å². The lowest BCUT2D eigenvalue weighted by Gasteiger charge is -2.23. The molecular weight excluding hydrogens is 400 g/mol. The number of aryl methyl sites for hydroxylation is 1. The van der Waals surface area contributed by atoms with E-state index in [0.717, 1.165) is 5.56 Å². The van der Waals surface area contributed by atoms with E-state index in [0.29, 0.717) is 36.2 Å². The first-order chi connectivity index (χ1) is 14.9. The number of anilines is 2. The van der Waals surface area contributed by atoms with Crippen LogP contribution in [0.4, 0.5) is 11.5 Å². The van der Waals surface area contributed by atoms with Crippen molar-refractivity contribution >= 4 is 29.2 Å². The molecule has 1 N–H and O–H groups in total. The van der Waals surface area contributed by atoms with E-state index in [1.807, 2.05) is 13.0 Å². The third-order valence-electron chi connectivity index (χ3n) is 5.25. The van der Waals surface area contributed by atoms with Crippen molar-refractivity contribution in [2.75, 3.05) is 43.6 Å². The number of rotatable bonds is 5. The summed E-state index contributed by atoms with van der Waals surface area (Å²) in [5.41, 5.74) is 1.63. The first kappa shape index (κ1) is 20.6. The van der Waals surface area contributed by atoms with Gasteiger partial charge in [-0.05, 0) is 36.8 Å². The first-order valence-electron chi connectivity index (χ1n) is 10.1. The molecule has 2 aliphatic heterocycles. The highest BCUT2D eigenvalue weighted by molar-refractivity contribution is 6.01. The number of nitrogens with one attached hydrogen (secondary N) is 1. The summed E-state index contributed by atoms with van der Waals surface area (Å²) in [7, 11) is 1.56. The summed E-state index contributed by atoms with van der Waals surface area (Å²) in [6, 6.07) is 8.88. The molecule has 9 nitrogen and oxygen atoms in total. The lowest BCUT2D eigenvalue weighted by molar-refractivity contribution is -0.137. The highest BCUT2D eigenvalue weighted by Crippen LogP contribution is 2.36. The molecule has 0 saturated carbocycles. The maximum absolute atomic E-state index is 12.8. The van der Waals surface area contributed by atoms with Crippen LogP contribution in [0.15, 0.2) is 36.5 Å². The predicted octanol–water partition coefficient (Wildman–Crippen LogP) is 1.61. The van der Waals surface area contributed by atoms with E-state index >= 15 is 0 Å². The lowest BCUT2D eigenvalue weighted by atomic mass is 10.1. The largest absolute Gasteiger partial charge is 0.486 e. The Kier molecular flexibility index (Phi) is 5.75. The molecular formula is C22H24N4O5. The summed E-state index contributed by atoms with van der Waals surface area (Å²) in [4.78, 5) is 44.7. The van der Waals surface area contributed by atoms with Crippen LogP contribution >= 0.6 is 0 Å². The molecule has 0 radical (unpaired) electrons. The fraction of sp³-hybridized carbons (Fsp3) is 0.364. The number of hydrogen-bond donors (Lipinski definition) is 1. The first-order valence-corrected chi connectivity index (χ1v) is 10.1. The van der Waals surface area contributed by atoms with Crippen LogP contribution in [0.25, 0.3) is 0 Å². The van der Waals surface area contributed by atoms with Crippen molar-refractivity contribution in [1.82, 2.24) is 9.88 Å². The number of ether oxygens (including phenoxy) is 2. The van der Waals surface area contributed by atoms with Crippen molar-refractivity contribution in [3.8, 4) is 11.5 Å². The summed E-state index contributed by atoms with van der Waals surface area (Å²) in [5.74, 6) is 0.412. The van der Waals surface area contributed by atoms with Gasteiger partial charge in [0, 0.05) is 38.0 Å². The second-order valence-corrected chi connectivity index (χ2v) is 7.69. The van der Waals surface area contributed by atoms with Gasteiger partial charge in [0.1, 0.15) is 19.0 Å². The molecule has 1 fully saturated rings. The predicted molar refractivity (Wildman–Crippen MR) is 113 cm³/mol. The van der Waals surface area contributed by atoms with Gasteiger partial charge in [0.05, 0.1) is 12.5 Å². The molecule has 162 valence electrons. The second-order valence-electron chi connectivity index (χ2n) is 7.69. The Morgan fingerprint density at radius 2 is 1.97 bits per heavy atom. The van der Waals surface area contributed by atoms with E-state index in [1.165, 1.54) is 4.90 Å². The Labute approximate surface area is 179 Å². The molecule has 0 bridgehead atoms. The summed E-state index contributed by atoms with van der Waals surface area (Å²) in [6.45, 7) is 2.98. The normalized spacial score (nSPS) is 17.4. The van der Waals surface area contributed by atoms with Gasteiger partial charge in [0.2, 0.25) is 17.7 Å². The maximum Gasteiger partial charge on any atom is 0.245 e. The van der Waals surface area contributed by atoms with Gasteiger partial charge in [-0.1, -0.05) is 0 Å². The summed E-state index contributed by atoms with van der Waals surface area (Å²) >= 11 is 0. The SMILES string of the molecule is Cc1ccnc(NC(=O)CN(C)C(=O)C2CC(=O)N(c3ccc4c(c3)OCCO4)C2)c1. The van der Waals surface area contributed by atoms with E-state index < -0.39 is 5.92 Å². The van der Waals surface area contributed by atoms with Gasteiger partial charge in [0.15, 0.2) is 11.5 Å². The topological polar surface area (TPSA) is 101 Å². The number of fused-ring (bicyclic) bond motifs is 1. The number of benzene rings is 1. The quantitative estimate of drug-likeness (QED) is 0.783. The van der Waals surface area contributed by atoms with Crippen LogP contribution in [-0.2, 0) is 14.4 Å². The van der Waals surface area contributed by atoms with E-state index in [9.17, 15) is 14.4 Å². The molecule has 9 heteroatoms. The van der Waals surface area contributed by atoms with Crippen LogP contribution in [0, 0.1) is 12.8 Å². The summed E-state index contributed by atoms with van der Waals surface area (Å²) in [5, 5.41) is 2.68. The Morgan fingerprint density at radius 1 is 1.19 bits per heavy atom. The van der Waals surface area contributed by atoms with Crippen LogP contribution < -0.4 is 19.7 Å². The summed E-state index contributed by atoms with van der Waals surface area (Å²) < 4.78 is 11.1. The van der Waals surface area contributed by atoms with Crippen LogP contribution in [0.3, 0.4) is 0 Å². The minimum absolute atomic E-state index is 0.0959. The fourth-order valence-electron chi connectivity index (χ4n) is 3.71. The van der Waals surface area contributed by atoms with E-state index in [4.69, 9.17) is 9.47 Å². The van der Waals surface area contributed by atoms with Crippen LogP contribution in [0.2, 0.25) is 0 Å². The third kappa shape index (κ3) is 4.60. The molecule has 2 aromatic rings. The second kappa shape index (κ2) is 8.63. The van der Waals surface area contributed by atoms with E-state index in [1.54, 1.807) is 42.4 Å². The average molecular weight is 424 g/mol. The fourth-order valence-corrected chi connectivity index (χ4v) is 3.71. The van der Waals surface area contributed by atoms with E-state index in [-0.39, 0.29) is 37.2 Å². The average Bonchev–Trinajstić information content (AvgIpc) is 3.14. The number of aromatic nitrogens is 1. The zero-order valence-electron chi connectivity index (χ0n) is 17.5. The minimum atomic E-state index is -0.518. The maximum atomic E-state index is 12.8. The highest BCUT2D eigenvalue weighted by Gasteiger charge is 2.37. The van der Waals surface area contributed by atoms with Gasteiger partial charge < -0.3 is 24.6 Å². The monoisotopic (exact) mass is 424 g/mol. The number of amides is 3. The number of carbonyl (C=O) groups is 3. The van der Waals surface area contributed by atoms with Gasteiger partial charge in [-0.25, -0.2) is 4.98 Å². The van der Waals surface area contributed by atoms with Crippen LogP contribution in [0.5, 0.6) is 11.5 Å². The molecule has 1 atom stereocenters. The number of hydrogen-bond acceptors (Lipinski definition) is 6. The standard InChI is InChI=1S/C22H24N4O5/c1-14-5-6-23-19(9-14)24-20(27)13-25(2)22(29)15-10-21(28)26(12-15)16-3-4-17-18(11-16)31-8-7-30-17/h3-6,9,11,15H,7-8,10,12-13H2,1-2H3,(H,23,24,27). The molecule has 3 amide bonds. The number of likely N-dealkylation sites (N-methyl/N-ethyl adjacent to an activating group) is 1. The Hall–Kier alpha value is -3.62.